The highest BCUT2D eigenvalue weighted by molar-refractivity contribution is 7.92. The maximum absolute atomic E-state index is 12.1. The van der Waals surface area contributed by atoms with Crippen molar-refractivity contribution < 1.29 is 12.8 Å². The monoisotopic (exact) mass is 295 g/mol. The van der Waals surface area contributed by atoms with Gasteiger partial charge in [0.05, 0.1) is 10.8 Å². The number of sulfone groups is 1. The van der Waals surface area contributed by atoms with Gasteiger partial charge in [-0.25, -0.2) is 8.42 Å². The lowest BCUT2D eigenvalue weighted by Gasteiger charge is -2.31. The van der Waals surface area contributed by atoms with E-state index in [1.807, 2.05) is 37.3 Å². The van der Waals surface area contributed by atoms with Gasteiger partial charge in [0, 0.05) is 11.6 Å². The van der Waals surface area contributed by atoms with Gasteiger partial charge in [0.15, 0.2) is 9.84 Å². The van der Waals surface area contributed by atoms with Crippen LogP contribution in [-0.2, 0) is 9.84 Å². The second-order valence-corrected chi connectivity index (χ2v) is 8.15. The van der Waals surface area contributed by atoms with E-state index in [1.165, 1.54) is 6.26 Å². The summed E-state index contributed by atoms with van der Waals surface area (Å²) in [7, 11) is -3.23. The van der Waals surface area contributed by atoms with E-state index in [0.29, 0.717) is 12.3 Å². The average Bonchev–Trinajstić information content (AvgIpc) is 2.77. The van der Waals surface area contributed by atoms with Gasteiger partial charge in [-0.3, -0.25) is 0 Å². The number of hydrogen-bond donors (Lipinski definition) is 1. The number of nitrogens with one attached hydrogen (secondary N) is 1. The first-order chi connectivity index (χ1) is 9.27. The van der Waals surface area contributed by atoms with E-state index in [9.17, 15) is 8.42 Å². The van der Waals surface area contributed by atoms with Crippen LogP contribution in [0.5, 0.6) is 0 Å². The lowest BCUT2D eigenvalue weighted by molar-refractivity contribution is 0.367. The Morgan fingerprint density at radius 2 is 1.95 bits per heavy atom. The molecule has 1 unspecified atom stereocenters. The van der Waals surface area contributed by atoms with Crippen LogP contribution in [0.3, 0.4) is 0 Å². The summed E-state index contributed by atoms with van der Waals surface area (Å²) < 4.78 is 29.0. The summed E-state index contributed by atoms with van der Waals surface area (Å²) in [6.45, 7) is 6.07. The fourth-order valence-electron chi connectivity index (χ4n) is 2.25. The Morgan fingerprint density at radius 3 is 2.50 bits per heavy atom. The number of furan rings is 1. The molecule has 1 N–H and O–H groups in total. The maximum Gasteiger partial charge on any atom is 0.154 e. The summed E-state index contributed by atoms with van der Waals surface area (Å²) in [4.78, 5) is 0. The van der Waals surface area contributed by atoms with Crippen LogP contribution in [0.2, 0.25) is 0 Å². The molecule has 0 radical (unpaired) electrons. The third-order valence-electron chi connectivity index (χ3n) is 3.79. The number of hydrogen-bond acceptors (Lipinski definition) is 4. The summed E-state index contributed by atoms with van der Waals surface area (Å²) in [6.07, 6.45) is 1.26. The van der Waals surface area contributed by atoms with Crippen molar-refractivity contribution in [3.8, 4) is 0 Å². The molecular formula is C15H21NO3S. The number of para-hydroxylation sites is 1. The molecule has 1 aromatic heterocycles. The van der Waals surface area contributed by atoms with E-state index in [1.54, 1.807) is 13.8 Å². The molecule has 0 spiro atoms. The Kier molecular flexibility index (Phi) is 3.93. The fourth-order valence-corrected chi connectivity index (χ4v) is 2.88. The van der Waals surface area contributed by atoms with Gasteiger partial charge < -0.3 is 9.73 Å². The molecule has 1 heterocycles. The van der Waals surface area contributed by atoms with Crippen LogP contribution in [0.15, 0.2) is 34.7 Å². The Balaban J connectivity index is 2.53. The topological polar surface area (TPSA) is 59.3 Å². The number of rotatable bonds is 5. The molecule has 0 aliphatic heterocycles. The van der Waals surface area contributed by atoms with Crippen molar-refractivity contribution in [3.63, 3.8) is 0 Å². The standard InChI is InChI=1S/C15H21NO3S/c1-5-16-14(15(2,3)20(4,17)18)13-10-11-8-6-7-9-12(11)19-13/h6-10,14,16H,5H2,1-4H3. The highest BCUT2D eigenvalue weighted by atomic mass is 32.2. The van der Waals surface area contributed by atoms with Crippen LogP contribution in [0.25, 0.3) is 11.0 Å². The maximum atomic E-state index is 12.1. The third-order valence-corrected chi connectivity index (χ3v) is 5.94. The van der Waals surface area contributed by atoms with E-state index in [0.717, 1.165) is 11.0 Å². The van der Waals surface area contributed by atoms with Crippen LogP contribution in [-0.4, -0.2) is 26.0 Å². The highest BCUT2D eigenvalue weighted by Gasteiger charge is 2.41. The quantitative estimate of drug-likeness (QED) is 0.921. The molecule has 0 aliphatic carbocycles. The van der Waals surface area contributed by atoms with Crippen molar-refractivity contribution in [2.45, 2.75) is 31.6 Å². The Bertz CT molecular complexity index is 668. The predicted octanol–water partition coefficient (Wildman–Crippen LogP) is 2.91. The Hall–Kier alpha value is -1.33. The van der Waals surface area contributed by atoms with Crippen molar-refractivity contribution in [2.24, 2.45) is 0 Å². The summed E-state index contributed by atoms with van der Waals surface area (Å²) in [5, 5.41) is 4.21. The molecule has 1 atom stereocenters. The van der Waals surface area contributed by atoms with Gasteiger partial charge in [0.1, 0.15) is 11.3 Å². The molecule has 2 aromatic rings. The molecule has 0 fully saturated rings. The van der Waals surface area contributed by atoms with Gasteiger partial charge in [-0.05, 0) is 32.5 Å². The first-order valence-corrected chi connectivity index (χ1v) is 8.58. The van der Waals surface area contributed by atoms with Gasteiger partial charge in [-0.1, -0.05) is 25.1 Å². The molecule has 0 aliphatic rings. The van der Waals surface area contributed by atoms with Crippen molar-refractivity contribution in [1.29, 1.82) is 0 Å². The molecule has 4 nitrogen and oxygen atoms in total. The van der Waals surface area contributed by atoms with Gasteiger partial charge in [-0.2, -0.15) is 0 Å². The number of benzene rings is 1. The highest BCUT2D eigenvalue weighted by Crippen LogP contribution is 2.35. The molecule has 0 bridgehead atoms. The zero-order chi connectivity index (χ0) is 15.0. The minimum absolute atomic E-state index is 0.380. The number of fused-ring (bicyclic) bond motifs is 1. The minimum atomic E-state index is -3.23. The summed E-state index contributed by atoms with van der Waals surface area (Å²) in [5.74, 6) is 0.656. The molecule has 0 saturated heterocycles. The van der Waals surface area contributed by atoms with Gasteiger partial charge in [-0.15, -0.1) is 0 Å². The second kappa shape index (κ2) is 5.22. The lowest BCUT2D eigenvalue weighted by atomic mass is 10.0. The second-order valence-electron chi connectivity index (χ2n) is 5.55. The van der Waals surface area contributed by atoms with Gasteiger partial charge in [0.2, 0.25) is 0 Å². The zero-order valence-corrected chi connectivity index (χ0v) is 13.1. The van der Waals surface area contributed by atoms with Crippen LogP contribution >= 0.6 is 0 Å². The fraction of sp³-hybridized carbons (Fsp3) is 0.467. The molecule has 0 amide bonds. The first kappa shape index (κ1) is 15.1. The van der Waals surface area contributed by atoms with E-state index >= 15 is 0 Å². The predicted molar refractivity (Wildman–Crippen MR) is 81.6 cm³/mol. The van der Waals surface area contributed by atoms with Crippen LogP contribution in [0.4, 0.5) is 0 Å². The van der Waals surface area contributed by atoms with Crippen molar-refractivity contribution in [3.05, 3.63) is 36.1 Å². The van der Waals surface area contributed by atoms with Crippen molar-refractivity contribution in [1.82, 2.24) is 5.32 Å². The SMILES string of the molecule is CCNC(c1cc2ccccc2o1)C(C)(C)S(C)(=O)=O. The average molecular weight is 295 g/mol. The van der Waals surface area contributed by atoms with Crippen molar-refractivity contribution >= 4 is 20.8 Å². The van der Waals surface area contributed by atoms with E-state index < -0.39 is 14.6 Å². The third kappa shape index (κ3) is 2.60. The molecule has 5 heteroatoms. The van der Waals surface area contributed by atoms with Crippen LogP contribution < -0.4 is 5.32 Å². The lowest BCUT2D eigenvalue weighted by Crippen LogP contribution is -2.44. The molecule has 0 saturated carbocycles. The van der Waals surface area contributed by atoms with Crippen LogP contribution in [0.1, 0.15) is 32.6 Å². The van der Waals surface area contributed by atoms with Gasteiger partial charge in [0.25, 0.3) is 0 Å². The Labute approximate surface area is 120 Å². The summed E-state index contributed by atoms with van der Waals surface area (Å²) >= 11 is 0. The Morgan fingerprint density at radius 1 is 1.30 bits per heavy atom. The molecule has 2 rings (SSSR count). The largest absolute Gasteiger partial charge is 0.459 e. The molecule has 110 valence electrons. The zero-order valence-electron chi connectivity index (χ0n) is 12.3. The molecular weight excluding hydrogens is 274 g/mol. The smallest absolute Gasteiger partial charge is 0.154 e. The normalized spacial score (nSPS) is 14.6. The van der Waals surface area contributed by atoms with Crippen molar-refractivity contribution in [2.75, 3.05) is 12.8 Å². The van der Waals surface area contributed by atoms with E-state index in [2.05, 4.69) is 5.32 Å². The first-order valence-electron chi connectivity index (χ1n) is 6.69. The van der Waals surface area contributed by atoms with Crippen LogP contribution in [0, 0.1) is 0 Å². The summed E-state index contributed by atoms with van der Waals surface area (Å²) in [6, 6.07) is 9.21. The van der Waals surface area contributed by atoms with E-state index in [-0.39, 0.29) is 6.04 Å². The molecule has 1 aromatic carbocycles. The molecule has 20 heavy (non-hydrogen) atoms. The minimum Gasteiger partial charge on any atom is -0.459 e. The van der Waals surface area contributed by atoms with Gasteiger partial charge >= 0.3 is 0 Å². The summed E-state index contributed by atoms with van der Waals surface area (Å²) in [5.41, 5.74) is 0.773. The van der Waals surface area contributed by atoms with E-state index in [4.69, 9.17) is 4.42 Å².